The van der Waals surface area contributed by atoms with Crippen molar-refractivity contribution in [2.24, 2.45) is 0 Å². The van der Waals surface area contributed by atoms with E-state index in [-0.39, 0.29) is 0 Å². The molecule has 20 heavy (non-hydrogen) atoms. The van der Waals surface area contributed by atoms with Gasteiger partial charge < -0.3 is 10.1 Å². The summed E-state index contributed by atoms with van der Waals surface area (Å²) < 4.78 is 5.17. The normalized spacial score (nSPS) is 21.1. The van der Waals surface area contributed by atoms with E-state index in [0.29, 0.717) is 12.0 Å². The number of rotatable bonds is 4. The van der Waals surface area contributed by atoms with Crippen molar-refractivity contribution in [1.29, 1.82) is 0 Å². The molecule has 2 heteroatoms. The van der Waals surface area contributed by atoms with E-state index in [9.17, 15) is 0 Å². The molecule has 0 aromatic heterocycles. The summed E-state index contributed by atoms with van der Waals surface area (Å²) in [7, 11) is 1.69. The van der Waals surface area contributed by atoms with Crippen molar-refractivity contribution in [2.45, 2.75) is 31.7 Å². The first kappa shape index (κ1) is 13.0. The van der Waals surface area contributed by atoms with Crippen LogP contribution in [-0.4, -0.2) is 13.2 Å². The lowest BCUT2D eigenvalue weighted by atomic mass is 9.75. The second-order valence-electron chi connectivity index (χ2n) is 5.65. The fourth-order valence-corrected chi connectivity index (χ4v) is 2.77. The minimum atomic E-state index is 0.592. The average Bonchev–Trinajstić information content (AvgIpc) is 2.44. The zero-order chi connectivity index (χ0) is 13.9. The second-order valence-corrected chi connectivity index (χ2v) is 5.65. The lowest BCUT2D eigenvalue weighted by Crippen LogP contribution is -2.33. The predicted molar refractivity (Wildman–Crippen MR) is 83.6 cm³/mol. The van der Waals surface area contributed by atoms with E-state index in [1.54, 1.807) is 7.11 Å². The maximum absolute atomic E-state index is 5.17. The van der Waals surface area contributed by atoms with E-state index in [1.165, 1.54) is 29.7 Å². The quantitative estimate of drug-likeness (QED) is 0.888. The standard InChI is InChI=1S/C18H21NO/c1-13-3-5-14(6-4-13)15-11-17(12-15)19-16-7-9-18(20-2)10-8-16/h3-10,15,17,19H,11-12H2,1-2H3. The molecular formula is C18H21NO. The molecule has 0 unspecified atom stereocenters. The van der Waals surface area contributed by atoms with Crippen LogP contribution < -0.4 is 10.1 Å². The van der Waals surface area contributed by atoms with Crippen LogP contribution in [0.2, 0.25) is 0 Å². The first-order valence-corrected chi connectivity index (χ1v) is 7.22. The molecular weight excluding hydrogens is 246 g/mol. The molecule has 2 aromatic carbocycles. The Bertz CT molecular complexity index is 553. The van der Waals surface area contributed by atoms with Gasteiger partial charge in [0.05, 0.1) is 7.11 Å². The SMILES string of the molecule is COc1ccc(NC2CC(c3ccc(C)cc3)C2)cc1. The topological polar surface area (TPSA) is 21.3 Å². The molecule has 0 spiro atoms. The van der Waals surface area contributed by atoms with Crippen LogP contribution in [0.4, 0.5) is 5.69 Å². The van der Waals surface area contributed by atoms with Crippen molar-refractivity contribution in [3.8, 4) is 5.75 Å². The number of nitrogens with one attached hydrogen (secondary N) is 1. The lowest BCUT2D eigenvalue weighted by Gasteiger charge is -2.37. The van der Waals surface area contributed by atoms with Gasteiger partial charge in [-0.2, -0.15) is 0 Å². The number of benzene rings is 2. The summed E-state index contributed by atoms with van der Waals surface area (Å²) in [6, 6.07) is 17.7. The second kappa shape index (κ2) is 5.58. The minimum Gasteiger partial charge on any atom is -0.497 e. The highest BCUT2D eigenvalue weighted by atomic mass is 16.5. The van der Waals surface area contributed by atoms with E-state index >= 15 is 0 Å². The Balaban J connectivity index is 1.53. The van der Waals surface area contributed by atoms with Gasteiger partial charge in [-0.25, -0.2) is 0 Å². The van der Waals surface area contributed by atoms with Gasteiger partial charge in [-0.05, 0) is 55.5 Å². The Labute approximate surface area is 120 Å². The summed E-state index contributed by atoms with van der Waals surface area (Å²) in [6.07, 6.45) is 2.43. The van der Waals surface area contributed by atoms with E-state index in [4.69, 9.17) is 4.74 Å². The Hall–Kier alpha value is -1.96. The Morgan fingerprint density at radius 3 is 2.20 bits per heavy atom. The number of anilines is 1. The molecule has 0 atom stereocenters. The third-order valence-electron chi connectivity index (χ3n) is 4.15. The molecule has 1 aliphatic carbocycles. The third-order valence-corrected chi connectivity index (χ3v) is 4.15. The fraction of sp³-hybridized carbons (Fsp3) is 0.333. The zero-order valence-corrected chi connectivity index (χ0v) is 12.1. The van der Waals surface area contributed by atoms with Crippen molar-refractivity contribution in [3.05, 3.63) is 59.7 Å². The number of hydrogen-bond acceptors (Lipinski definition) is 2. The average molecular weight is 267 g/mol. The molecule has 104 valence electrons. The molecule has 1 saturated carbocycles. The molecule has 0 aliphatic heterocycles. The minimum absolute atomic E-state index is 0.592. The van der Waals surface area contributed by atoms with Crippen molar-refractivity contribution >= 4 is 5.69 Å². The summed E-state index contributed by atoms with van der Waals surface area (Å²) in [6.45, 7) is 2.14. The fourth-order valence-electron chi connectivity index (χ4n) is 2.77. The molecule has 1 aliphatic rings. The van der Waals surface area contributed by atoms with Gasteiger partial charge >= 0.3 is 0 Å². The summed E-state index contributed by atoms with van der Waals surface area (Å²) >= 11 is 0. The molecule has 0 amide bonds. The smallest absolute Gasteiger partial charge is 0.119 e. The van der Waals surface area contributed by atoms with Crippen molar-refractivity contribution < 1.29 is 4.74 Å². The predicted octanol–water partition coefficient (Wildman–Crippen LogP) is 4.36. The van der Waals surface area contributed by atoms with Crippen LogP contribution in [0.1, 0.15) is 29.9 Å². The van der Waals surface area contributed by atoms with Gasteiger partial charge in [0, 0.05) is 11.7 Å². The highest BCUT2D eigenvalue weighted by Crippen LogP contribution is 2.38. The van der Waals surface area contributed by atoms with Crippen LogP contribution in [-0.2, 0) is 0 Å². The zero-order valence-electron chi connectivity index (χ0n) is 12.1. The Morgan fingerprint density at radius 2 is 1.60 bits per heavy atom. The summed E-state index contributed by atoms with van der Waals surface area (Å²) in [5.74, 6) is 1.62. The number of hydrogen-bond donors (Lipinski definition) is 1. The van der Waals surface area contributed by atoms with Gasteiger partial charge in [-0.15, -0.1) is 0 Å². The molecule has 2 aromatic rings. The van der Waals surface area contributed by atoms with Crippen LogP contribution in [0.15, 0.2) is 48.5 Å². The maximum Gasteiger partial charge on any atom is 0.119 e. The van der Waals surface area contributed by atoms with Crippen LogP contribution >= 0.6 is 0 Å². The summed E-state index contributed by atoms with van der Waals surface area (Å²) in [5.41, 5.74) is 3.99. The molecule has 1 N–H and O–H groups in total. The van der Waals surface area contributed by atoms with E-state index < -0.39 is 0 Å². The summed E-state index contributed by atoms with van der Waals surface area (Å²) in [4.78, 5) is 0. The van der Waals surface area contributed by atoms with Gasteiger partial charge in [0.2, 0.25) is 0 Å². The van der Waals surface area contributed by atoms with E-state index in [2.05, 4.69) is 48.6 Å². The first-order valence-electron chi connectivity index (χ1n) is 7.22. The van der Waals surface area contributed by atoms with Crippen LogP contribution in [0.5, 0.6) is 5.75 Å². The monoisotopic (exact) mass is 267 g/mol. The lowest BCUT2D eigenvalue weighted by molar-refractivity contribution is 0.374. The van der Waals surface area contributed by atoms with Crippen molar-refractivity contribution in [3.63, 3.8) is 0 Å². The first-order chi connectivity index (χ1) is 9.74. The van der Waals surface area contributed by atoms with Gasteiger partial charge in [-0.3, -0.25) is 0 Å². The third kappa shape index (κ3) is 2.79. The maximum atomic E-state index is 5.17. The van der Waals surface area contributed by atoms with Crippen LogP contribution in [0, 0.1) is 6.92 Å². The number of ether oxygens (including phenoxy) is 1. The van der Waals surface area contributed by atoms with Gasteiger partial charge in [0.25, 0.3) is 0 Å². The number of methoxy groups -OCH3 is 1. The van der Waals surface area contributed by atoms with E-state index in [0.717, 1.165) is 5.75 Å². The molecule has 2 nitrogen and oxygen atoms in total. The highest BCUT2D eigenvalue weighted by Gasteiger charge is 2.29. The Morgan fingerprint density at radius 1 is 0.950 bits per heavy atom. The number of aryl methyl sites for hydroxylation is 1. The molecule has 3 rings (SSSR count). The molecule has 1 fully saturated rings. The van der Waals surface area contributed by atoms with Crippen molar-refractivity contribution in [1.82, 2.24) is 0 Å². The molecule has 0 bridgehead atoms. The van der Waals surface area contributed by atoms with Crippen LogP contribution in [0.25, 0.3) is 0 Å². The molecule has 0 radical (unpaired) electrons. The van der Waals surface area contributed by atoms with Gasteiger partial charge in [-0.1, -0.05) is 29.8 Å². The highest BCUT2D eigenvalue weighted by molar-refractivity contribution is 5.48. The Kier molecular flexibility index (Phi) is 3.64. The molecule has 0 saturated heterocycles. The van der Waals surface area contributed by atoms with Crippen LogP contribution in [0.3, 0.4) is 0 Å². The summed E-state index contributed by atoms with van der Waals surface area (Å²) in [5, 5.41) is 3.59. The van der Waals surface area contributed by atoms with Gasteiger partial charge in [0.15, 0.2) is 0 Å². The van der Waals surface area contributed by atoms with E-state index in [1.807, 2.05) is 12.1 Å². The van der Waals surface area contributed by atoms with Crippen molar-refractivity contribution in [2.75, 3.05) is 12.4 Å². The van der Waals surface area contributed by atoms with Gasteiger partial charge in [0.1, 0.15) is 5.75 Å². The molecule has 0 heterocycles. The largest absolute Gasteiger partial charge is 0.497 e.